The fourth-order valence-corrected chi connectivity index (χ4v) is 5.35. The molecule has 0 atom stereocenters. The molecule has 33 heavy (non-hydrogen) atoms. The van der Waals surface area contributed by atoms with Gasteiger partial charge in [-0.15, -0.1) is 0 Å². The van der Waals surface area contributed by atoms with Crippen molar-refractivity contribution in [3.05, 3.63) is 74.6 Å². The first-order valence-corrected chi connectivity index (χ1v) is 12.1. The Kier molecular flexibility index (Phi) is 8.34. The first-order valence-electron chi connectivity index (χ1n) is 10.1. The molecule has 0 aliphatic carbocycles. The van der Waals surface area contributed by atoms with Gasteiger partial charge in [0, 0.05) is 32.1 Å². The van der Waals surface area contributed by atoms with Crippen molar-refractivity contribution in [2.45, 2.75) is 49.7 Å². The molecule has 3 rings (SSSR count). The number of imidazole rings is 1. The van der Waals surface area contributed by atoms with Crippen molar-refractivity contribution in [3.8, 4) is 0 Å². The smallest absolute Gasteiger partial charge is 0.259 e. The maximum Gasteiger partial charge on any atom is 0.259 e. The molecule has 2 amide bonds. The topological polar surface area (TPSA) is 78.3 Å². The maximum atomic E-state index is 12.9. The van der Waals surface area contributed by atoms with Gasteiger partial charge in [0.1, 0.15) is 16.9 Å². The normalized spacial score (nSPS) is 11.1. The van der Waals surface area contributed by atoms with Crippen molar-refractivity contribution < 1.29 is 14.7 Å². The minimum absolute atomic E-state index is 0.0528. The number of rotatable bonds is 7. The van der Waals surface area contributed by atoms with Gasteiger partial charge in [-0.2, -0.15) is 0 Å². The number of amides is 2. The first kappa shape index (κ1) is 25.4. The molecule has 0 saturated heterocycles. The van der Waals surface area contributed by atoms with Gasteiger partial charge >= 0.3 is 0 Å². The third kappa shape index (κ3) is 6.03. The Morgan fingerprint density at radius 3 is 2.18 bits per heavy atom. The van der Waals surface area contributed by atoms with Crippen LogP contribution in [0.25, 0.3) is 0 Å². The van der Waals surface area contributed by atoms with E-state index in [1.807, 2.05) is 25.3 Å². The predicted octanol–water partition coefficient (Wildman–Crippen LogP) is 6.12. The number of benzene rings is 2. The summed E-state index contributed by atoms with van der Waals surface area (Å²) in [5.41, 5.74) is 0.968. The largest absolute Gasteiger partial charge is 0.530 e. The summed E-state index contributed by atoms with van der Waals surface area (Å²) in [4.78, 5) is 30.9. The number of hydrogen-bond acceptors (Lipinski definition) is 5. The van der Waals surface area contributed by atoms with Gasteiger partial charge in [-0.05, 0) is 55.3 Å². The SMILES string of the molecule is CCn1c(CN(C(=O)[O-])C(=O)c2ccc(Cl)cc2)nc(C(C)C)c1Sc1cc(Cl)cc(Cl)c1. The van der Waals surface area contributed by atoms with E-state index in [0.29, 0.717) is 32.3 Å². The molecular weight excluding hydrogens is 505 g/mol. The summed E-state index contributed by atoms with van der Waals surface area (Å²) in [7, 11) is 0. The lowest BCUT2D eigenvalue weighted by molar-refractivity contribution is -0.262. The first-order chi connectivity index (χ1) is 15.6. The highest BCUT2D eigenvalue weighted by atomic mass is 35.5. The van der Waals surface area contributed by atoms with Crippen molar-refractivity contribution in [1.29, 1.82) is 0 Å². The zero-order valence-corrected chi connectivity index (χ0v) is 21.2. The average molecular weight is 526 g/mol. The quantitative estimate of drug-likeness (QED) is 0.371. The zero-order valence-electron chi connectivity index (χ0n) is 18.1. The number of imide groups is 1. The molecule has 0 aliphatic rings. The molecule has 0 unspecified atom stereocenters. The molecule has 10 heteroatoms. The third-order valence-corrected chi connectivity index (χ3v) is 6.58. The van der Waals surface area contributed by atoms with E-state index in [1.54, 1.807) is 18.2 Å². The van der Waals surface area contributed by atoms with Crippen molar-refractivity contribution in [2.75, 3.05) is 0 Å². The molecule has 1 aromatic heterocycles. The summed E-state index contributed by atoms with van der Waals surface area (Å²) in [6, 6.07) is 11.2. The van der Waals surface area contributed by atoms with Crippen molar-refractivity contribution in [1.82, 2.24) is 14.5 Å². The highest BCUT2D eigenvalue weighted by molar-refractivity contribution is 7.99. The van der Waals surface area contributed by atoms with Gasteiger partial charge in [0.05, 0.1) is 12.2 Å². The van der Waals surface area contributed by atoms with Crippen LogP contribution in [-0.2, 0) is 13.1 Å². The van der Waals surface area contributed by atoms with E-state index in [1.165, 1.54) is 36.0 Å². The minimum atomic E-state index is -1.61. The molecule has 1 heterocycles. The Balaban J connectivity index is 2.00. The summed E-state index contributed by atoms with van der Waals surface area (Å²) in [5, 5.41) is 14.2. The minimum Gasteiger partial charge on any atom is -0.530 e. The van der Waals surface area contributed by atoms with Crippen LogP contribution in [0.15, 0.2) is 52.4 Å². The fourth-order valence-electron chi connectivity index (χ4n) is 3.24. The highest BCUT2D eigenvalue weighted by Crippen LogP contribution is 2.37. The molecule has 3 aromatic rings. The number of carbonyl (C=O) groups is 2. The van der Waals surface area contributed by atoms with E-state index in [2.05, 4.69) is 0 Å². The molecule has 6 nitrogen and oxygen atoms in total. The second kappa shape index (κ2) is 10.8. The van der Waals surface area contributed by atoms with Gasteiger partial charge < -0.3 is 14.5 Å². The van der Waals surface area contributed by atoms with E-state index in [9.17, 15) is 14.7 Å². The highest BCUT2D eigenvalue weighted by Gasteiger charge is 2.24. The Labute approximate surface area is 211 Å². The number of nitrogens with zero attached hydrogens (tertiary/aromatic N) is 3. The molecule has 0 spiro atoms. The Hall–Kier alpha value is -2.19. The van der Waals surface area contributed by atoms with E-state index in [-0.39, 0.29) is 18.0 Å². The van der Waals surface area contributed by atoms with Crippen molar-refractivity contribution in [3.63, 3.8) is 0 Å². The Morgan fingerprint density at radius 1 is 1.06 bits per heavy atom. The van der Waals surface area contributed by atoms with Gasteiger partial charge in [-0.25, -0.2) is 4.98 Å². The molecule has 0 N–H and O–H groups in total. The summed E-state index contributed by atoms with van der Waals surface area (Å²) in [5.74, 6) is -0.223. The predicted molar refractivity (Wildman–Crippen MR) is 129 cm³/mol. The van der Waals surface area contributed by atoms with Gasteiger partial charge in [-0.1, -0.05) is 60.4 Å². The van der Waals surface area contributed by atoms with E-state index < -0.39 is 12.0 Å². The Morgan fingerprint density at radius 2 is 1.67 bits per heavy atom. The van der Waals surface area contributed by atoms with Crippen LogP contribution in [0, 0.1) is 0 Å². The number of hydrogen-bond donors (Lipinski definition) is 0. The molecule has 0 saturated carbocycles. The lowest BCUT2D eigenvalue weighted by atomic mass is 10.1. The summed E-state index contributed by atoms with van der Waals surface area (Å²) >= 11 is 19.6. The van der Waals surface area contributed by atoms with Gasteiger partial charge in [0.15, 0.2) is 0 Å². The summed E-state index contributed by atoms with van der Waals surface area (Å²) in [6.45, 7) is 6.18. The van der Waals surface area contributed by atoms with Crippen LogP contribution >= 0.6 is 46.6 Å². The number of carbonyl (C=O) groups excluding carboxylic acids is 2. The molecular formula is C23H21Cl3N3O3S-. The van der Waals surface area contributed by atoms with Crippen LogP contribution in [0.1, 0.15) is 48.6 Å². The van der Waals surface area contributed by atoms with Gasteiger partial charge in [0.25, 0.3) is 5.91 Å². The van der Waals surface area contributed by atoms with Crippen LogP contribution in [0.2, 0.25) is 15.1 Å². The molecule has 0 fully saturated rings. The molecule has 0 aliphatic heterocycles. The maximum absolute atomic E-state index is 12.9. The lowest BCUT2D eigenvalue weighted by Gasteiger charge is -2.23. The van der Waals surface area contributed by atoms with Crippen LogP contribution < -0.4 is 5.11 Å². The van der Waals surface area contributed by atoms with Crippen LogP contribution in [0.5, 0.6) is 0 Å². The fraction of sp³-hybridized carbons (Fsp3) is 0.261. The van der Waals surface area contributed by atoms with Crippen molar-refractivity contribution in [2.24, 2.45) is 0 Å². The second-order valence-corrected chi connectivity index (χ2v) is 9.86. The van der Waals surface area contributed by atoms with Crippen molar-refractivity contribution >= 4 is 58.6 Å². The monoisotopic (exact) mass is 524 g/mol. The van der Waals surface area contributed by atoms with E-state index in [0.717, 1.165) is 15.6 Å². The van der Waals surface area contributed by atoms with Gasteiger partial charge in [-0.3, -0.25) is 9.69 Å². The molecule has 2 aromatic carbocycles. The lowest BCUT2D eigenvalue weighted by Crippen LogP contribution is -2.45. The average Bonchev–Trinajstić information content (AvgIpc) is 3.08. The Bertz CT molecular complexity index is 1160. The third-order valence-electron chi connectivity index (χ3n) is 4.80. The van der Waals surface area contributed by atoms with Crippen LogP contribution in [-0.4, -0.2) is 26.5 Å². The van der Waals surface area contributed by atoms with Crippen LogP contribution in [0.4, 0.5) is 4.79 Å². The summed E-state index contributed by atoms with van der Waals surface area (Å²) in [6.07, 6.45) is -1.61. The van der Waals surface area contributed by atoms with Crippen LogP contribution in [0.3, 0.4) is 0 Å². The molecule has 0 bridgehead atoms. The van der Waals surface area contributed by atoms with E-state index >= 15 is 0 Å². The second-order valence-electron chi connectivity index (χ2n) is 7.49. The molecule has 0 radical (unpaired) electrons. The number of carboxylic acid groups (broad SMARTS) is 1. The summed E-state index contributed by atoms with van der Waals surface area (Å²) < 4.78 is 1.89. The standard InChI is InChI=1S/C23H22Cl3N3O3S/c1-4-28-19(12-29(23(31)32)21(30)14-5-7-15(24)8-6-14)27-20(13(2)3)22(28)33-18-10-16(25)9-17(26)11-18/h5-11,13H,4,12H2,1-3H3,(H,31,32)/p-1. The molecule has 174 valence electrons. The van der Waals surface area contributed by atoms with E-state index in [4.69, 9.17) is 39.8 Å². The zero-order chi connectivity index (χ0) is 24.3. The number of aromatic nitrogens is 2. The van der Waals surface area contributed by atoms with Gasteiger partial charge in [0.2, 0.25) is 0 Å². The number of halogens is 3.